The number of nitro groups is 1. The van der Waals surface area contributed by atoms with Gasteiger partial charge in [-0.2, -0.15) is 0 Å². The van der Waals surface area contributed by atoms with E-state index in [1.807, 2.05) is 0 Å². The smallest absolute Gasteiger partial charge is 0.348 e. The number of piperidine rings is 1. The predicted molar refractivity (Wildman–Crippen MR) is 79.5 cm³/mol. The van der Waals surface area contributed by atoms with E-state index in [9.17, 15) is 10.1 Å². The Bertz CT molecular complexity index is 541. The Labute approximate surface area is 127 Å². The number of halogens is 1. The fraction of sp³-hybridized carbons (Fsp3) is 0.692. The maximum absolute atomic E-state index is 11.0. The molecule has 2 bridgehead atoms. The molecule has 0 saturated carbocycles. The van der Waals surface area contributed by atoms with Crippen molar-refractivity contribution in [1.82, 2.24) is 14.9 Å². The van der Waals surface area contributed by atoms with Gasteiger partial charge in [-0.3, -0.25) is 10.1 Å². The van der Waals surface area contributed by atoms with Crippen molar-refractivity contribution in [3.05, 3.63) is 21.6 Å². The lowest BCUT2D eigenvalue weighted by Gasteiger charge is -2.36. The number of aromatic nitrogens is 2. The van der Waals surface area contributed by atoms with E-state index in [4.69, 9.17) is 11.6 Å². The molecule has 21 heavy (non-hydrogen) atoms. The maximum atomic E-state index is 11.0. The minimum atomic E-state index is -0.539. The molecule has 114 valence electrons. The van der Waals surface area contributed by atoms with Crippen LogP contribution in [-0.4, -0.2) is 45.5 Å². The maximum Gasteiger partial charge on any atom is 0.348 e. The fourth-order valence-electron chi connectivity index (χ4n) is 3.58. The summed E-state index contributed by atoms with van der Waals surface area (Å²) < 4.78 is 0. The predicted octanol–water partition coefficient (Wildman–Crippen LogP) is 2.32. The van der Waals surface area contributed by atoms with Crippen molar-refractivity contribution < 1.29 is 4.92 Å². The summed E-state index contributed by atoms with van der Waals surface area (Å²) in [6, 6.07) is 1.30. The molecule has 2 aliphatic heterocycles. The topological polar surface area (TPSA) is 84.2 Å². The van der Waals surface area contributed by atoms with Crippen LogP contribution in [0, 0.1) is 16.0 Å². The summed E-state index contributed by atoms with van der Waals surface area (Å²) in [5, 5.41) is 14.0. The van der Waals surface area contributed by atoms with E-state index in [1.54, 1.807) is 0 Å². The minimum absolute atomic E-state index is 0.124. The van der Waals surface area contributed by atoms with Gasteiger partial charge >= 0.3 is 5.69 Å². The van der Waals surface area contributed by atoms with Crippen molar-refractivity contribution in [2.45, 2.75) is 37.8 Å². The van der Waals surface area contributed by atoms with Gasteiger partial charge in [-0.15, -0.1) is 0 Å². The van der Waals surface area contributed by atoms with E-state index >= 15 is 0 Å². The Morgan fingerprint density at radius 3 is 2.71 bits per heavy atom. The molecule has 2 aliphatic rings. The van der Waals surface area contributed by atoms with Gasteiger partial charge in [-0.1, -0.05) is 11.6 Å². The second-order valence-corrected chi connectivity index (χ2v) is 6.25. The Morgan fingerprint density at radius 2 is 2.10 bits per heavy atom. The second-order valence-electron chi connectivity index (χ2n) is 5.89. The first-order chi connectivity index (χ1) is 10.1. The number of hydrogen-bond donors (Lipinski definition) is 1. The van der Waals surface area contributed by atoms with Crippen molar-refractivity contribution in [3.63, 3.8) is 0 Å². The zero-order valence-corrected chi connectivity index (χ0v) is 12.6. The molecule has 2 unspecified atom stereocenters. The molecule has 0 amide bonds. The van der Waals surface area contributed by atoms with Crippen molar-refractivity contribution in [3.8, 4) is 0 Å². The first-order valence-corrected chi connectivity index (χ1v) is 7.54. The van der Waals surface area contributed by atoms with Crippen LogP contribution < -0.4 is 5.32 Å². The normalized spacial score (nSPS) is 28.6. The van der Waals surface area contributed by atoms with Crippen LogP contribution in [0.3, 0.4) is 0 Å². The third-order valence-electron chi connectivity index (χ3n) is 4.71. The van der Waals surface area contributed by atoms with Crippen molar-refractivity contribution in [1.29, 1.82) is 0 Å². The number of nitrogens with zero attached hydrogens (tertiary/aromatic N) is 4. The number of hydrogen-bond acceptors (Lipinski definition) is 6. The summed E-state index contributed by atoms with van der Waals surface area (Å²) in [6.07, 6.45) is 6.03. The molecule has 2 saturated heterocycles. The Morgan fingerprint density at radius 1 is 1.43 bits per heavy atom. The van der Waals surface area contributed by atoms with E-state index < -0.39 is 4.92 Å². The van der Waals surface area contributed by atoms with Gasteiger partial charge in [0.1, 0.15) is 6.33 Å². The molecule has 0 spiro atoms. The van der Waals surface area contributed by atoms with Crippen LogP contribution in [0.5, 0.6) is 0 Å². The molecular formula is C13H18ClN5O2. The van der Waals surface area contributed by atoms with Gasteiger partial charge in [0.25, 0.3) is 0 Å². The molecule has 0 radical (unpaired) electrons. The zero-order chi connectivity index (χ0) is 15.0. The summed E-state index contributed by atoms with van der Waals surface area (Å²) in [6.45, 7) is 0.690. The third-order valence-corrected chi connectivity index (χ3v) is 4.99. The SMILES string of the molecule is CN1C2CCC1CC(CNc1ncnc(Cl)c1[N+](=O)[O-])C2. The van der Waals surface area contributed by atoms with Gasteiger partial charge in [0.05, 0.1) is 4.92 Å². The van der Waals surface area contributed by atoms with Gasteiger partial charge in [0.15, 0.2) is 0 Å². The van der Waals surface area contributed by atoms with Gasteiger partial charge in [-0.05, 0) is 38.6 Å². The lowest BCUT2D eigenvalue weighted by atomic mass is 9.91. The largest absolute Gasteiger partial charge is 0.364 e. The van der Waals surface area contributed by atoms with E-state index in [1.165, 1.54) is 19.2 Å². The number of nitrogens with one attached hydrogen (secondary N) is 1. The van der Waals surface area contributed by atoms with Crippen LogP contribution in [0.4, 0.5) is 11.5 Å². The highest BCUT2D eigenvalue weighted by molar-refractivity contribution is 6.31. The molecule has 8 heteroatoms. The highest BCUT2D eigenvalue weighted by Crippen LogP contribution is 2.37. The molecule has 2 atom stereocenters. The average molecular weight is 312 g/mol. The summed E-state index contributed by atoms with van der Waals surface area (Å²) >= 11 is 5.78. The summed E-state index contributed by atoms with van der Waals surface area (Å²) in [5.74, 6) is 0.735. The molecule has 3 rings (SSSR count). The monoisotopic (exact) mass is 311 g/mol. The molecule has 2 fully saturated rings. The van der Waals surface area contributed by atoms with Gasteiger partial charge in [0.2, 0.25) is 11.0 Å². The fourth-order valence-corrected chi connectivity index (χ4v) is 3.78. The number of fused-ring (bicyclic) bond motifs is 2. The molecule has 1 aromatic heterocycles. The van der Waals surface area contributed by atoms with E-state index in [0.717, 1.165) is 12.8 Å². The lowest BCUT2D eigenvalue weighted by molar-refractivity contribution is -0.384. The Kier molecular flexibility index (Phi) is 3.95. The summed E-state index contributed by atoms with van der Waals surface area (Å²) in [7, 11) is 2.20. The van der Waals surface area contributed by atoms with Crippen LogP contribution in [0.1, 0.15) is 25.7 Å². The quantitative estimate of drug-likeness (QED) is 0.522. The zero-order valence-electron chi connectivity index (χ0n) is 11.8. The highest BCUT2D eigenvalue weighted by atomic mass is 35.5. The lowest BCUT2D eigenvalue weighted by Crippen LogP contribution is -2.41. The summed E-state index contributed by atoms with van der Waals surface area (Å²) in [4.78, 5) is 20.6. The highest BCUT2D eigenvalue weighted by Gasteiger charge is 2.38. The molecule has 1 aromatic rings. The first kappa shape index (κ1) is 14.5. The van der Waals surface area contributed by atoms with E-state index in [-0.39, 0.29) is 16.7 Å². The van der Waals surface area contributed by atoms with Crippen molar-refractivity contribution >= 4 is 23.1 Å². The van der Waals surface area contributed by atoms with Crippen LogP contribution >= 0.6 is 11.6 Å². The average Bonchev–Trinajstić information content (AvgIpc) is 2.67. The molecule has 0 aromatic carbocycles. The molecule has 0 aliphatic carbocycles. The van der Waals surface area contributed by atoms with E-state index in [0.29, 0.717) is 24.5 Å². The van der Waals surface area contributed by atoms with Crippen molar-refractivity contribution in [2.24, 2.45) is 5.92 Å². The Balaban J connectivity index is 1.66. The standard InChI is InChI=1S/C13H18ClN5O2/c1-18-9-2-3-10(18)5-8(4-9)6-15-13-11(19(20)21)12(14)16-7-17-13/h7-10H,2-6H2,1H3,(H,15,16,17). The van der Waals surface area contributed by atoms with Crippen LogP contribution in [0.15, 0.2) is 6.33 Å². The second kappa shape index (κ2) is 5.73. The van der Waals surface area contributed by atoms with E-state index in [2.05, 4.69) is 27.2 Å². The molecule has 3 heterocycles. The van der Waals surface area contributed by atoms with Gasteiger partial charge in [0, 0.05) is 18.6 Å². The summed E-state index contributed by atoms with van der Waals surface area (Å²) in [5.41, 5.74) is -0.241. The number of anilines is 1. The van der Waals surface area contributed by atoms with Gasteiger partial charge < -0.3 is 10.2 Å². The number of rotatable bonds is 4. The Hall–Kier alpha value is -1.47. The third kappa shape index (κ3) is 2.80. The molecular weight excluding hydrogens is 294 g/mol. The van der Waals surface area contributed by atoms with Gasteiger partial charge in [-0.25, -0.2) is 9.97 Å². The minimum Gasteiger partial charge on any atom is -0.364 e. The van der Waals surface area contributed by atoms with Crippen LogP contribution in [-0.2, 0) is 0 Å². The van der Waals surface area contributed by atoms with Crippen LogP contribution in [0.25, 0.3) is 0 Å². The molecule has 7 nitrogen and oxygen atoms in total. The van der Waals surface area contributed by atoms with Crippen LogP contribution in [0.2, 0.25) is 5.15 Å². The van der Waals surface area contributed by atoms with Crippen molar-refractivity contribution in [2.75, 3.05) is 18.9 Å². The first-order valence-electron chi connectivity index (χ1n) is 7.17. The molecule has 1 N–H and O–H groups in total.